The molecule has 1 amide bonds. The zero-order valence-electron chi connectivity index (χ0n) is 13.1. The van der Waals surface area contributed by atoms with Gasteiger partial charge < -0.3 is 10.2 Å². The van der Waals surface area contributed by atoms with E-state index in [9.17, 15) is 4.79 Å². The van der Waals surface area contributed by atoms with Crippen molar-refractivity contribution >= 4 is 12.0 Å². The predicted octanol–water partition coefficient (Wildman–Crippen LogP) is 3.12. The Bertz CT molecular complexity index is 606. The summed E-state index contributed by atoms with van der Waals surface area (Å²) in [5.74, 6) is -0.0837. The Labute approximate surface area is 132 Å². The lowest BCUT2D eigenvalue weighted by atomic mass is 10.1. The number of likely N-dealkylation sites (N-methyl/N-ethyl adjacent to an activating group) is 1. The fourth-order valence-electron chi connectivity index (χ4n) is 2.24. The number of nitrogens with one attached hydrogen (secondary N) is 1. The van der Waals surface area contributed by atoms with Crippen LogP contribution in [0.4, 0.5) is 0 Å². The number of amides is 1. The van der Waals surface area contributed by atoms with Gasteiger partial charge in [-0.05, 0) is 31.3 Å². The maximum absolute atomic E-state index is 12.2. The fraction of sp³-hybridized carbons (Fsp3) is 0.211. The molecule has 0 aliphatic heterocycles. The molecule has 0 aliphatic carbocycles. The third kappa shape index (κ3) is 5.19. The number of hydrogen-bond acceptors (Lipinski definition) is 2. The number of rotatable bonds is 6. The van der Waals surface area contributed by atoms with Crippen LogP contribution in [0, 0.1) is 0 Å². The van der Waals surface area contributed by atoms with E-state index in [1.807, 2.05) is 80.8 Å². The van der Waals surface area contributed by atoms with Gasteiger partial charge >= 0.3 is 0 Å². The average Bonchev–Trinajstić information content (AvgIpc) is 2.54. The Kier molecular flexibility index (Phi) is 5.92. The summed E-state index contributed by atoms with van der Waals surface area (Å²) in [5.41, 5.74) is 2.12. The third-order valence-corrected chi connectivity index (χ3v) is 3.29. The molecule has 0 fully saturated rings. The van der Waals surface area contributed by atoms with Crippen molar-refractivity contribution in [3.05, 3.63) is 77.9 Å². The highest BCUT2D eigenvalue weighted by Crippen LogP contribution is 2.13. The number of benzene rings is 2. The fourth-order valence-corrected chi connectivity index (χ4v) is 2.24. The lowest BCUT2D eigenvalue weighted by molar-refractivity contribution is -0.117. The topological polar surface area (TPSA) is 32.3 Å². The van der Waals surface area contributed by atoms with Crippen LogP contribution >= 0.6 is 0 Å². The lowest BCUT2D eigenvalue weighted by Crippen LogP contribution is -2.34. The van der Waals surface area contributed by atoms with Crippen LogP contribution in [0.2, 0.25) is 0 Å². The van der Waals surface area contributed by atoms with Gasteiger partial charge in [-0.25, -0.2) is 0 Å². The van der Waals surface area contributed by atoms with Crippen LogP contribution in [0.25, 0.3) is 6.08 Å². The van der Waals surface area contributed by atoms with Crippen molar-refractivity contribution in [3.63, 3.8) is 0 Å². The van der Waals surface area contributed by atoms with Gasteiger partial charge in [-0.3, -0.25) is 4.79 Å². The van der Waals surface area contributed by atoms with E-state index >= 15 is 0 Å². The van der Waals surface area contributed by atoms with E-state index in [2.05, 4.69) is 10.2 Å². The first-order chi connectivity index (χ1) is 10.6. The molecule has 2 rings (SSSR count). The summed E-state index contributed by atoms with van der Waals surface area (Å²) >= 11 is 0. The summed E-state index contributed by atoms with van der Waals surface area (Å²) in [4.78, 5) is 14.2. The van der Waals surface area contributed by atoms with E-state index in [0.29, 0.717) is 0 Å². The number of nitrogens with zero attached hydrogens (tertiary/aromatic N) is 1. The van der Waals surface area contributed by atoms with Crippen LogP contribution in [-0.4, -0.2) is 31.4 Å². The van der Waals surface area contributed by atoms with Crippen LogP contribution < -0.4 is 5.32 Å². The smallest absolute Gasteiger partial charge is 0.244 e. The molecule has 0 radical (unpaired) electrons. The summed E-state index contributed by atoms with van der Waals surface area (Å²) in [6, 6.07) is 19.8. The molecule has 1 atom stereocenters. The lowest BCUT2D eigenvalue weighted by Gasteiger charge is -2.22. The molecule has 0 spiro atoms. The van der Waals surface area contributed by atoms with Gasteiger partial charge in [-0.15, -0.1) is 0 Å². The Morgan fingerprint density at radius 3 is 2.23 bits per heavy atom. The van der Waals surface area contributed by atoms with Gasteiger partial charge in [0.05, 0.1) is 6.04 Å². The second-order valence-corrected chi connectivity index (χ2v) is 5.48. The largest absolute Gasteiger partial charge is 0.344 e. The molecule has 2 aromatic carbocycles. The molecule has 0 saturated heterocycles. The van der Waals surface area contributed by atoms with Crippen LogP contribution in [0.5, 0.6) is 0 Å². The summed E-state index contributed by atoms with van der Waals surface area (Å²) in [7, 11) is 4.00. The highest BCUT2D eigenvalue weighted by atomic mass is 16.1. The summed E-state index contributed by atoms with van der Waals surface area (Å²) in [5, 5.41) is 3.07. The van der Waals surface area contributed by atoms with Crippen molar-refractivity contribution in [1.82, 2.24) is 10.2 Å². The molecular weight excluding hydrogens is 272 g/mol. The minimum Gasteiger partial charge on any atom is -0.344 e. The maximum Gasteiger partial charge on any atom is 0.244 e. The van der Waals surface area contributed by atoms with E-state index in [1.54, 1.807) is 6.08 Å². The molecule has 0 unspecified atom stereocenters. The summed E-state index contributed by atoms with van der Waals surface area (Å²) in [6.07, 6.45) is 3.41. The minimum atomic E-state index is -0.0837. The van der Waals surface area contributed by atoms with Gasteiger partial charge in [0.15, 0.2) is 0 Å². The van der Waals surface area contributed by atoms with Crippen molar-refractivity contribution < 1.29 is 4.79 Å². The van der Waals surface area contributed by atoms with Crippen molar-refractivity contribution in [2.45, 2.75) is 6.04 Å². The summed E-state index contributed by atoms with van der Waals surface area (Å²) in [6.45, 7) is 0.759. The molecule has 0 bridgehead atoms. The van der Waals surface area contributed by atoms with Gasteiger partial charge in [0, 0.05) is 12.6 Å². The minimum absolute atomic E-state index is 0.0240. The molecule has 22 heavy (non-hydrogen) atoms. The molecule has 0 aliphatic rings. The Hall–Kier alpha value is -2.39. The van der Waals surface area contributed by atoms with Gasteiger partial charge in [0.1, 0.15) is 0 Å². The molecule has 0 heterocycles. The highest BCUT2D eigenvalue weighted by Gasteiger charge is 2.13. The van der Waals surface area contributed by atoms with Crippen molar-refractivity contribution in [3.8, 4) is 0 Å². The molecule has 114 valence electrons. The van der Waals surface area contributed by atoms with Crippen molar-refractivity contribution in [2.75, 3.05) is 20.6 Å². The standard InChI is InChI=1S/C19H22N2O/c1-21(2)15-18(17-11-7-4-8-12-17)20-19(22)14-13-16-9-5-3-6-10-16/h3-14,18H,15H2,1-2H3,(H,20,22)/b14-13+/t18-/m1/s1. The van der Waals surface area contributed by atoms with E-state index in [0.717, 1.165) is 17.7 Å². The maximum atomic E-state index is 12.2. The van der Waals surface area contributed by atoms with Gasteiger partial charge in [0.25, 0.3) is 0 Å². The quantitative estimate of drug-likeness (QED) is 0.830. The van der Waals surface area contributed by atoms with Crippen LogP contribution in [0.1, 0.15) is 17.2 Å². The molecule has 3 nitrogen and oxygen atoms in total. The third-order valence-electron chi connectivity index (χ3n) is 3.29. The Morgan fingerprint density at radius 1 is 1.05 bits per heavy atom. The second-order valence-electron chi connectivity index (χ2n) is 5.48. The molecule has 1 N–H and O–H groups in total. The first-order valence-electron chi connectivity index (χ1n) is 7.38. The second kappa shape index (κ2) is 8.15. The Balaban J connectivity index is 2.04. The number of hydrogen-bond donors (Lipinski definition) is 1. The van der Waals surface area contributed by atoms with E-state index in [1.165, 1.54) is 0 Å². The monoisotopic (exact) mass is 294 g/mol. The van der Waals surface area contributed by atoms with E-state index in [-0.39, 0.29) is 11.9 Å². The number of carbonyl (C=O) groups excluding carboxylic acids is 1. The van der Waals surface area contributed by atoms with E-state index in [4.69, 9.17) is 0 Å². The van der Waals surface area contributed by atoms with Crippen molar-refractivity contribution in [2.24, 2.45) is 0 Å². The molecular formula is C19H22N2O. The van der Waals surface area contributed by atoms with Gasteiger partial charge in [-0.2, -0.15) is 0 Å². The first kappa shape index (κ1) is 16.0. The van der Waals surface area contributed by atoms with Crippen LogP contribution in [0.15, 0.2) is 66.7 Å². The molecule has 3 heteroatoms. The highest BCUT2D eigenvalue weighted by molar-refractivity contribution is 5.92. The normalized spacial score (nSPS) is 12.5. The summed E-state index contributed by atoms with van der Waals surface area (Å²) < 4.78 is 0. The molecule has 0 aromatic heterocycles. The Morgan fingerprint density at radius 2 is 1.64 bits per heavy atom. The van der Waals surface area contributed by atoms with Crippen LogP contribution in [0.3, 0.4) is 0 Å². The van der Waals surface area contributed by atoms with Gasteiger partial charge in [-0.1, -0.05) is 60.7 Å². The average molecular weight is 294 g/mol. The van der Waals surface area contributed by atoms with Gasteiger partial charge in [0.2, 0.25) is 5.91 Å². The predicted molar refractivity (Wildman–Crippen MR) is 91.4 cm³/mol. The molecule has 2 aromatic rings. The number of carbonyl (C=O) groups is 1. The van der Waals surface area contributed by atoms with Crippen molar-refractivity contribution in [1.29, 1.82) is 0 Å². The van der Waals surface area contributed by atoms with E-state index < -0.39 is 0 Å². The van der Waals surface area contributed by atoms with Crippen LogP contribution in [-0.2, 0) is 4.79 Å². The SMILES string of the molecule is CN(C)C[C@@H](NC(=O)/C=C/c1ccccc1)c1ccccc1. The zero-order valence-corrected chi connectivity index (χ0v) is 13.1. The molecule has 0 saturated carbocycles. The zero-order chi connectivity index (χ0) is 15.8. The first-order valence-corrected chi connectivity index (χ1v) is 7.38.